The Balaban J connectivity index is 2.26. The minimum atomic E-state index is -0.373. The molecular weight excluding hydrogens is 308 g/mol. The lowest BCUT2D eigenvalue weighted by Gasteiger charge is -2.19. The molecule has 4 heteroatoms. The third kappa shape index (κ3) is 4.44. The zero-order valence-corrected chi connectivity index (χ0v) is 13.4. The van der Waals surface area contributed by atoms with Gasteiger partial charge in [0.1, 0.15) is 5.82 Å². The minimum absolute atomic E-state index is 0.197. The van der Waals surface area contributed by atoms with Gasteiger partial charge in [-0.15, -0.1) is 0 Å². The lowest BCUT2D eigenvalue weighted by molar-refractivity contribution is 0.588. The molecule has 2 aromatic rings. The standard InChI is InChI=1S/C17H18Cl2FN/c1-2-21-11-14(12-5-3-7-15(18)10-12)9-13-6-4-8-16(20)17(13)19/h3-8,10,14,21H,2,9,11H2,1H3. The summed E-state index contributed by atoms with van der Waals surface area (Å²) in [4.78, 5) is 0. The Kier molecular flexibility index (Phi) is 6.04. The number of benzene rings is 2. The SMILES string of the molecule is CCNCC(Cc1cccc(F)c1Cl)c1cccc(Cl)c1. The highest BCUT2D eigenvalue weighted by atomic mass is 35.5. The van der Waals surface area contributed by atoms with E-state index in [9.17, 15) is 4.39 Å². The van der Waals surface area contributed by atoms with Crippen molar-refractivity contribution in [2.75, 3.05) is 13.1 Å². The Morgan fingerprint density at radius 2 is 1.90 bits per heavy atom. The van der Waals surface area contributed by atoms with E-state index in [1.807, 2.05) is 30.3 Å². The van der Waals surface area contributed by atoms with Gasteiger partial charge < -0.3 is 5.32 Å². The first-order valence-electron chi connectivity index (χ1n) is 7.01. The summed E-state index contributed by atoms with van der Waals surface area (Å²) >= 11 is 12.1. The van der Waals surface area contributed by atoms with Crippen molar-refractivity contribution in [3.05, 3.63) is 69.5 Å². The molecule has 0 aliphatic heterocycles. The molecule has 1 unspecified atom stereocenters. The Morgan fingerprint density at radius 1 is 1.14 bits per heavy atom. The average Bonchev–Trinajstić information content (AvgIpc) is 2.47. The molecule has 112 valence electrons. The van der Waals surface area contributed by atoms with Crippen LogP contribution in [-0.2, 0) is 6.42 Å². The lowest BCUT2D eigenvalue weighted by Crippen LogP contribution is -2.22. The number of hydrogen-bond acceptors (Lipinski definition) is 1. The molecule has 0 aliphatic carbocycles. The summed E-state index contributed by atoms with van der Waals surface area (Å²) in [6.07, 6.45) is 0.671. The molecule has 0 saturated heterocycles. The summed E-state index contributed by atoms with van der Waals surface area (Å²) < 4.78 is 13.6. The summed E-state index contributed by atoms with van der Waals surface area (Å²) in [5.74, 6) is -0.176. The summed E-state index contributed by atoms with van der Waals surface area (Å²) in [5.41, 5.74) is 1.95. The van der Waals surface area contributed by atoms with Crippen LogP contribution in [0.15, 0.2) is 42.5 Å². The van der Waals surface area contributed by atoms with Crippen molar-refractivity contribution < 1.29 is 4.39 Å². The van der Waals surface area contributed by atoms with Crippen LogP contribution in [0.1, 0.15) is 24.0 Å². The van der Waals surface area contributed by atoms with E-state index in [0.29, 0.717) is 11.4 Å². The summed E-state index contributed by atoms with van der Waals surface area (Å²) in [6, 6.07) is 12.7. The van der Waals surface area contributed by atoms with Gasteiger partial charge in [0.2, 0.25) is 0 Å². The van der Waals surface area contributed by atoms with Gasteiger partial charge in [-0.2, -0.15) is 0 Å². The van der Waals surface area contributed by atoms with Gasteiger partial charge in [-0.05, 0) is 42.3 Å². The summed E-state index contributed by atoms with van der Waals surface area (Å²) in [6.45, 7) is 3.74. The van der Waals surface area contributed by atoms with E-state index in [0.717, 1.165) is 24.2 Å². The highest BCUT2D eigenvalue weighted by Crippen LogP contribution is 2.28. The van der Waals surface area contributed by atoms with Crippen LogP contribution in [0.5, 0.6) is 0 Å². The van der Waals surface area contributed by atoms with E-state index in [4.69, 9.17) is 23.2 Å². The average molecular weight is 326 g/mol. The van der Waals surface area contributed by atoms with E-state index in [2.05, 4.69) is 12.2 Å². The second-order valence-corrected chi connectivity index (χ2v) is 5.79. The normalized spacial score (nSPS) is 12.4. The number of halogens is 3. The monoisotopic (exact) mass is 325 g/mol. The first-order chi connectivity index (χ1) is 10.1. The molecule has 2 rings (SSSR count). The third-order valence-electron chi connectivity index (χ3n) is 3.46. The molecule has 0 radical (unpaired) electrons. The molecule has 0 saturated carbocycles. The zero-order chi connectivity index (χ0) is 15.2. The van der Waals surface area contributed by atoms with Gasteiger partial charge in [-0.3, -0.25) is 0 Å². The van der Waals surface area contributed by atoms with Crippen molar-refractivity contribution in [2.24, 2.45) is 0 Å². The highest BCUT2D eigenvalue weighted by Gasteiger charge is 2.15. The topological polar surface area (TPSA) is 12.0 Å². The first kappa shape index (κ1) is 16.3. The number of rotatable bonds is 6. The molecule has 1 N–H and O–H groups in total. The Bertz CT molecular complexity index is 601. The van der Waals surface area contributed by atoms with Crippen molar-refractivity contribution in [1.29, 1.82) is 0 Å². The van der Waals surface area contributed by atoms with Gasteiger partial charge in [0.25, 0.3) is 0 Å². The Labute approximate surface area is 135 Å². The number of hydrogen-bond donors (Lipinski definition) is 1. The molecule has 21 heavy (non-hydrogen) atoms. The molecule has 0 fully saturated rings. The van der Waals surface area contributed by atoms with Crippen LogP contribution in [0.25, 0.3) is 0 Å². The fraction of sp³-hybridized carbons (Fsp3) is 0.294. The zero-order valence-electron chi connectivity index (χ0n) is 11.9. The molecule has 0 aliphatic rings. The van der Waals surface area contributed by atoms with Crippen LogP contribution in [0, 0.1) is 5.82 Å². The van der Waals surface area contributed by atoms with Crippen LogP contribution in [0.4, 0.5) is 4.39 Å². The van der Waals surface area contributed by atoms with Gasteiger partial charge in [0.15, 0.2) is 0 Å². The fourth-order valence-corrected chi connectivity index (χ4v) is 2.76. The third-order valence-corrected chi connectivity index (χ3v) is 4.12. The quantitative estimate of drug-likeness (QED) is 0.782. The maximum absolute atomic E-state index is 13.6. The van der Waals surface area contributed by atoms with Crippen LogP contribution in [-0.4, -0.2) is 13.1 Å². The van der Waals surface area contributed by atoms with E-state index in [1.165, 1.54) is 6.07 Å². The molecule has 0 aromatic heterocycles. The number of nitrogens with one attached hydrogen (secondary N) is 1. The second-order valence-electron chi connectivity index (χ2n) is 4.98. The van der Waals surface area contributed by atoms with Gasteiger partial charge in [-0.1, -0.05) is 54.4 Å². The molecule has 0 amide bonds. The van der Waals surface area contributed by atoms with Crippen LogP contribution in [0.2, 0.25) is 10.0 Å². The predicted molar refractivity (Wildman–Crippen MR) is 87.9 cm³/mol. The van der Waals surface area contributed by atoms with Crippen molar-refractivity contribution in [1.82, 2.24) is 5.32 Å². The van der Waals surface area contributed by atoms with Crippen LogP contribution >= 0.6 is 23.2 Å². The lowest BCUT2D eigenvalue weighted by atomic mass is 9.91. The van der Waals surface area contributed by atoms with Crippen LogP contribution in [0.3, 0.4) is 0 Å². The molecule has 1 atom stereocenters. The van der Waals surface area contributed by atoms with Crippen molar-refractivity contribution in [3.63, 3.8) is 0 Å². The van der Waals surface area contributed by atoms with E-state index >= 15 is 0 Å². The fourth-order valence-electron chi connectivity index (χ4n) is 2.36. The van der Waals surface area contributed by atoms with Crippen LogP contribution < -0.4 is 5.32 Å². The minimum Gasteiger partial charge on any atom is -0.316 e. The van der Waals surface area contributed by atoms with E-state index in [1.54, 1.807) is 6.07 Å². The molecular formula is C17H18Cl2FN. The summed E-state index contributed by atoms with van der Waals surface area (Å²) in [7, 11) is 0. The van der Waals surface area contributed by atoms with Crippen molar-refractivity contribution >= 4 is 23.2 Å². The van der Waals surface area contributed by atoms with Gasteiger partial charge in [0, 0.05) is 17.5 Å². The largest absolute Gasteiger partial charge is 0.316 e. The van der Waals surface area contributed by atoms with E-state index < -0.39 is 0 Å². The molecule has 2 aromatic carbocycles. The Morgan fingerprint density at radius 3 is 2.62 bits per heavy atom. The highest BCUT2D eigenvalue weighted by molar-refractivity contribution is 6.31. The smallest absolute Gasteiger partial charge is 0.142 e. The predicted octanol–water partition coefficient (Wildman–Crippen LogP) is 5.07. The van der Waals surface area contributed by atoms with Crippen molar-refractivity contribution in [2.45, 2.75) is 19.3 Å². The summed E-state index contributed by atoms with van der Waals surface area (Å²) in [5, 5.41) is 4.26. The molecule has 0 spiro atoms. The maximum atomic E-state index is 13.6. The molecule has 0 heterocycles. The van der Waals surface area contributed by atoms with Crippen molar-refractivity contribution in [3.8, 4) is 0 Å². The Hall–Kier alpha value is -1.09. The molecule has 0 bridgehead atoms. The van der Waals surface area contributed by atoms with E-state index in [-0.39, 0.29) is 16.8 Å². The first-order valence-corrected chi connectivity index (χ1v) is 7.76. The van der Waals surface area contributed by atoms with Gasteiger partial charge >= 0.3 is 0 Å². The van der Waals surface area contributed by atoms with Gasteiger partial charge in [-0.25, -0.2) is 4.39 Å². The number of likely N-dealkylation sites (N-methyl/N-ethyl adjacent to an activating group) is 1. The second kappa shape index (κ2) is 7.79. The van der Waals surface area contributed by atoms with Gasteiger partial charge in [0.05, 0.1) is 5.02 Å². The molecule has 1 nitrogen and oxygen atoms in total. The maximum Gasteiger partial charge on any atom is 0.142 e.